The predicted octanol–water partition coefficient (Wildman–Crippen LogP) is 7.22. The van der Waals surface area contributed by atoms with Crippen LogP contribution in [-0.2, 0) is 16.6 Å². The Bertz CT molecular complexity index is 1020. The van der Waals surface area contributed by atoms with Gasteiger partial charge >= 0.3 is 12.3 Å². The molecule has 3 N–H and O–H groups in total. The van der Waals surface area contributed by atoms with E-state index in [1.54, 1.807) is 30.3 Å². The zero-order valence-corrected chi connectivity index (χ0v) is 20.1. The van der Waals surface area contributed by atoms with Crippen LogP contribution >= 0.6 is 0 Å². The maximum Gasteiger partial charge on any atom is 0.503 e. The number of carbonyl (C=O) groups is 2. The van der Waals surface area contributed by atoms with Crippen molar-refractivity contribution in [2.24, 2.45) is 11.8 Å². The molecule has 0 bridgehead atoms. The molecule has 0 heterocycles. The number of anilines is 1. The fourth-order valence-electron chi connectivity index (χ4n) is 3.71. The van der Waals surface area contributed by atoms with Crippen LogP contribution in [0, 0.1) is 17.7 Å². The van der Waals surface area contributed by atoms with E-state index in [9.17, 15) is 22.4 Å². The Morgan fingerprint density at radius 3 is 2.03 bits per heavy atom. The number of halogens is 4. The van der Waals surface area contributed by atoms with Crippen molar-refractivity contribution in [2.45, 2.75) is 64.5 Å². The number of hydrogen-bond acceptors (Lipinski definition) is 2. The molecule has 5 nitrogen and oxygen atoms in total. The third kappa shape index (κ3) is 8.56. The van der Waals surface area contributed by atoms with Crippen LogP contribution < -0.4 is 5.32 Å². The first kappa shape index (κ1) is 28.1. The van der Waals surface area contributed by atoms with Crippen molar-refractivity contribution in [3.05, 3.63) is 65.0 Å². The van der Waals surface area contributed by atoms with Crippen LogP contribution in [0.4, 0.5) is 28.0 Å². The molecule has 0 unspecified atom stereocenters. The first-order chi connectivity index (χ1) is 16.1. The molecule has 35 heavy (non-hydrogen) atoms. The number of carbonyl (C=O) groups excluding carboxylic acids is 1. The molecule has 1 saturated carbocycles. The van der Waals surface area contributed by atoms with Crippen molar-refractivity contribution in [3.63, 3.8) is 0 Å². The van der Waals surface area contributed by atoms with E-state index in [1.807, 2.05) is 20.8 Å². The summed E-state index contributed by atoms with van der Waals surface area (Å²) in [6.45, 7) is 6.99. The van der Waals surface area contributed by atoms with Crippen molar-refractivity contribution in [1.82, 2.24) is 0 Å². The number of alkyl halides is 3. The van der Waals surface area contributed by atoms with Crippen LogP contribution in [0.1, 0.15) is 63.1 Å². The minimum atomic E-state index is -4.57. The summed E-state index contributed by atoms with van der Waals surface area (Å²) >= 11 is 0. The first-order valence-corrected chi connectivity index (χ1v) is 11.3. The SMILES string of the molecule is C[C@H]([C@H](C(=O)Nc1cc(CC2CC2)ccc1F)c1ccc(C(C)(C)C)cc1)C(F)(F)F.O=C(O)O. The lowest BCUT2D eigenvalue weighted by atomic mass is 9.82. The van der Waals surface area contributed by atoms with Gasteiger partial charge in [-0.3, -0.25) is 4.79 Å². The van der Waals surface area contributed by atoms with Crippen LogP contribution in [0.3, 0.4) is 0 Å². The molecule has 0 spiro atoms. The van der Waals surface area contributed by atoms with Gasteiger partial charge in [0.1, 0.15) is 5.82 Å². The van der Waals surface area contributed by atoms with Gasteiger partial charge in [-0.25, -0.2) is 9.18 Å². The number of nitrogens with one attached hydrogen (secondary N) is 1. The van der Waals surface area contributed by atoms with Crippen molar-refractivity contribution < 1.29 is 37.4 Å². The maximum absolute atomic E-state index is 14.3. The summed E-state index contributed by atoms with van der Waals surface area (Å²) in [5.74, 6) is -4.37. The molecular formula is C26H31F4NO4. The Morgan fingerprint density at radius 1 is 1.03 bits per heavy atom. The molecule has 9 heteroatoms. The monoisotopic (exact) mass is 497 g/mol. The summed E-state index contributed by atoms with van der Waals surface area (Å²) in [4.78, 5) is 21.6. The largest absolute Gasteiger partial charge is 0.503 e. The average Bonchev–Trinajstić information content (AvgIpc) is 3.53. The molecular weight excluding hydrogens is 466 g/mol. The van der Waals surface area contributed by atoms with Gasteiger partial charge in [0.25, 0.3) is 0 Å². The smallest absolute Gasteiger partial charge is 0.450 e. The average molecular weight is 498 g/mol. The standard InChI is InChI=1S/C25H29F4NO.CH2O3/c1-15(25(27,28)29)22(18-8-10-19(11-9-18)24(2,3)4)23(31)30-21-14-17(7-12-20(21)26)13-16-5-6-16;2-1(3)4/h7-12,14-16,22H,5-6,13H2,1-4H3,(H,30,31);(H2,2,3,4)/t15-,22+;/m1./s1. The summed E-state index contributed by atoms with van der Waals surface area (Å²) in [6, 6.07) is 11.1. The van der Waals surface area contributed by atoms with E-state index in [2.05, 4.69) is 5.32 Å². The molecule has 0 radical (unpaired) electrons. The minimum absolute atomic E-state index is 0.0752. The molecule has 0 saturated heterocycles. The first-order valence-electron chi connectivity index (χ1n) is 11.3. The number of carboxylic acid groups (broad SMARTS) is 2. The normalized spacial score (nSPS) is 15.4. The van der Waals surface area contributed by atoms with Crippen molar-refractivity contribution >= 4 is 17.7 Å². The molecule has 1 aliphatic carbocycles. The molecule has 0 aliphatic heterocycles. The van der Waals surface area contributed by atoms with Gasteiger partial charge in [0, 0.05) is 0 Å². The number of amides is 1. The lowest BCUT2D eigenvalue weighted by Gasteiger charge is -2.27. The van der Waals surface area contributed by atoms with E-state index in [-0.39, 0.29) is 16.7 Å². The second-order valence-corrected chi connectivity index (χ2v) is 9.91. The molecule has 1 fully saturated rings. The fraction of sp³-hybridized carbons (Fsp3) is 0.462. The third-order valence-corrected chi connectivity index (χ3v) is 5.94. The Morgan fingerprint density at radius 2 is 1.57 bits per heavy atom. The van der Waals surface area contributed by atoms with Crippen LogP contribution in [0.15, 0.2) is 42.5 Å². The molecule has 2 aromatic carbocycles. The zero-order chi connectivity index (χ0) is 26.6. The fourth-order valence-corrected chi connectivity index (χ4v) is 3.71. The highest BCUT2D eigenvalue weighted by Gasteiger charge is 2.45. The summed E-state index contributed by atoms with van der Waals surface area (Å²) in [5, 5.41) is 16.4. The van der Waals surface area contributed by atoms with Crippen LogP contribution in [0.25, 0.3) is 0 Å². The van der Waals surface area contributed by atoms with Crippen LogP contribution in [0.2, 0.25) is 0 Å². The quantitative estimate of drug-likeness (QED) is 0.368. The van der Waals surface area contributed by atoms with Crippen molar-refractivity contribution in [2.75, 3.05) is 5.32 Å². The molecule has 2 atom stereocenters. The lowest BCUT2D eigenvalue weighted by molar-refractivity contribution is -0.178. The van der Waals surface area contributed by atoms with E-state index >= 15 is 0 Å². The molecule has 1 aliphatic rings. The second kappa shape index (κ2) is 11.1. The van der Waals surface area contributed by atoms with Crippen LogP contribution in [0.5, 0.6) is 0 Å². The van der Waals surface area contributed by atoms with Crippen molar-refractivity contribution in [3.8, 4) is 0 Å². The highest BCUT2D eigenvalue weighted by molar-refractivity contribution is 5.96. The van der Waals surface area contributed by atoms with E-state index < -0.39 is 35.9 Å². The molecule has 1 amide bonds. The number of rotatable bonds is 6. The molecule has 0 aromatic heterocycles. The third-order valence-electron chi connectivity index (χ3n) is 5.94. The van der Waals surface area contributed by atoms with E-state index in [4.69, 9.17) is 15.0 Å². The predicted molar refractivity (Wildman–Crippen MR) is 125 cm³/mol. The molecule has 3 rings (SSSR count). The van der Waals surface area contributed by atoms with Gasteiger partial charge in [0.05, 0.1) is 17.5 Å². The Labute approximate surface area is 202 Å². The van der Waals surface area contributed by atoms with Crippen molar-refractivity contribution in [1.29, 1.82) is 0 Å². The van der Waals surface area contributed by atoms with Gasteiger partial charge in [-0.1, -0.05) is 58.0 Å². The summed E-state index contributed by atoms with van der Waals surface area (Å²) < 4.78 is 55.1. The second-order valence-electron chi connectivity index (χ2n) is 9.91. The molecule has 192 valence electrons. The summed E-state index contributed by atoms with van der Waals surface area (Å²) in [6.07, 6.45) is -3.39. The zero-order valence-electron chi connectivity index (χ0n) is 20.1. The van der Waals surface area contributed by atoms with Gasteiger partial charge < -0.3 is 15.5 Å². The van der Waals surface area contributed by atoms with Gasteiger partial charge in [-0.2, -0.15) is 13.2 Å². The number of hydrogen-bond donors (Lipinski definition) is 3. The Hall–Kier alpha value is -3.10. The van der Waals surface area contributed by atoms with E-state index in [0.717, 1.165) is 37.3 Å². The Balaban J connectivity index is 0.00000100. The van der Waals surface area contributed by atoms with Gasteiger partial charge in [0.15, 0.2) is 0 Å². The van der Waals surface area contributed by atoms with Gasteiger partial charge in [-0.05, 0) is 59.4 Å². The summed E-state index contributed by atoms with van der Waals surface area (Å²) in [5.41, 5.74) is 1.83. The van der Waals surface area contributed by atoms with Crippen LogP contribution in [-0.4, -0.2) is 28.5 Å². The van der Waals surface area contributed by atoms with E-state index in [1.165, 1.54) is 12.1 Å². The van der Waals surface area contributed by atoms with Gasteiger partial charge in [-0.15, -0.1) is 0 Å². The topological polar surface area (TPSA) is 86.6 Å². The highest BCUT2D eigenvalue weighted by Crippen LogP contribution is 2.39. The Kier molecular flexibility index (Phi) is 8.92. The number of benzene rings is 2. The lowest BCUT2D eigenvalue weighted by Crippen LogP contribution is -2.34. The summed E-state index contributed by atoms with van der Waals surface area (Å²) in [7, 11) is 0. The molecule has 2 aromatic rings. The van der Waals surface area contributed by atoms with Gasteiger partial charge in [0.2, 0.25) is 5.91 Å². The minimum Gasteiger partial charge on any atom is -0.450 e. The maximum atomic E-state index is 14.3. The highest BCUT2D eigenvalue weighted by atomic mass is 19.4. The van der Waals surface area contributed by atoms with E-state index in [0.29, 0.717) is 5.92 Å².